The maximum atomic E-state index is 12.0. The average molecular weight is 438 g/mol. The van der Waals surface area contributed by atoms with E-state index in [1.165, 1.54) is 5.56 Å². The van der Waals surface area contributed by atoms with E-state index in [1.54, 1.807) is 7.11 Å². The highest BCUT2D eigenvalue weighted by molar-refractivity contribution is 6.14. The molecule has 1 amide bonds. The molecule has 0 aromatic heterocycles. The number of aliphatic imine (C=N–C) groups is 1. The van der Waals surface area contributed by atoms with Crippen LogP contribution in [0.15, 0.2) is 47.5 Å². The number of fused-ring (bicyclic) bond motifs is 1. The summed E-state index contributed by atoms with van der Waals surface area (Å²) < 4.78 is 10.7. The van der Waals surface area contributed by atoms with Gasteiger partial charge in [0, 0.05) is 23.2 Å². The standard InChI is InChI=1S/C26H35N3O3/c1-4-6-8-16-32-26(30)28-21-11-9-19(10-12-21)25-23-14-13-22(31-3)17-20(23)18-24(29-25)27-15-7-5-2/h9-14,17,24,27H,4-8,15-16,18H2,1-3H3,(H,28,30)/t24-/m1/s1. The van der Waals surface area contributed by atoms with Crippen molar-refractivity contribution in [3.05, 3.63) is 59.2 Å². The summed E-state index contributed by atoms with van der Waals surface area (Å²) >= 11 is 0. The van der Waals surface area contributed by atoms with Crippen LogP contribution in [0.5, 0.6) is 5.75 Å². The van der Waals surface area contributed by atoms with E-state index in [4.69, 9.17) is 14.5 Å². The Morgan fingerprint density at radius 2 is 1.84 bits per heavy atom. The molecule has 6 heteroatoms. The molecule has 0 aliphatic carbocycles. The fourth-order valence-electron chi connectivity index (χ4n) is 3.75. The van der Waals surface area contributed by atoms with Crippen molar-refractivity contribution < 1.29 is 14.3 Å². The number of anilines is 1. The Kier molecular flexibility index (Phi) is 9.11. The lowest BCUT2D eigenvalue weighted by molar-refractivity contribution is 0.159. The molecule has 2 aromatic carbocycles. The van der Waals surface area contributed by atoms with Gasteiger partial charge in [-0.05, 0) is 55.3 Å². The smallest absolute Gasteiger partial charge is 0.411 e. The zero-order valence-corrected chi connectivity index (χ0v) is 19.4. The van der Waals surface area contributed by atoms with Gasteiger partial charge >= 0.3 is 6.09 Å². The van der Waals surface area contributed by atoms with E-state index in [1.807, 2.05) is 30.3 Å². The number of ether oxygens (including phenoxy) is 2. The van der Waals surface area contributed by atoms with Gasteiger partial charge in [-0.25, -0.2) is 4.79 Å². The minimum absolute atomic E-state index is 0.0343. The number of nitrogens with zero attached hydrogens (tertiary/aromatic N) is 1. The van der Waals surface area contributed by atoms with Crippen LogP contribution in [0, 0.1) is 0 Å². The third kappa shape index (κ3) is 6.57. The van der Waals surface area contributed by atoms with Gasteiger partial charge in [0.25, 0.3) is 0 Å². The molecule has 0 radical (unpaired) electrons. The number of nitrogens with one attached hydrogen (secondary N) is 2. The van der Waals surface area contributed by atoms with E-state index in [0.717, 1.165) is 67.7 Å². The van der Waals surface area contributed by atoms with Crippen LogP contribution in [0.2, 0.25) is 0 Å². The van der Waals surface area contributed by atoms with Gasteiger partial charge in [0.1, 0.15) is 11.9 Å². The number of carbonyl (C=O) groups excluding carboxylic acids is 1. The Bertz CT molecular complexity index is 909. The number of benzene rings is 2. The van der Waals surface area contributed by atoms with Crippen molar-refractivity contribution in [2.24, 2.45) is 4.99 Å². The molecular weight excluding hydrogens is 402 g/mol. The molecule has 32 heavy (non-hydrogen) atoms. The Hall–Kier alpha value is -2.86. The van der Waals surface area contributed by atoms with Crippen molar-refractivity contribution in [3.63, 3.8) is 0 Å². The van der Waals surface area contributed by atoms with Crippen LogP contribution in [0.4, 0.5) is 10.5 Å². The van der Waals surface area contributed by atoms with Crippen LogP contribution in [-0.2, 0) is 11.2 Å². The molecule has 6 nitrogen and oxygen atoms in total. The quantitative estimate of drug-likeness (QED) is 0.453. The van der Waals surface area contributed by atoms with E-state index >= 15 is 0 Å². The minimum Gasteiger partial charge on any atom is -0.497 e. The van der Waals surface area contributed by atoms with E-state index in [-0.39, 0.29) is 6.17 Å². The summed E-state index contributed by atoms with van der Waals surface area (Å²) in [5.74, 6) is 0.856. The third-order valence-electron chi connectivity index (χ3n) is 5.56. The predicted molar refractivity (Wildman–Crippen MR) is 130 cm³/mol. The van der Waals surface area contributed by atoms with Crippen molar-refractivity contribution in [3.8, 4) is 5.75 Å². The lowest BCUT2D eigenvalue weighted by Gasteiger charge is -2.25. The second kappa shape index (κ2) is 12.2. The molecular formula is C26H35N3O3. The number of rotatable bonds is 11. The fourth-order valence-corrected chi connectivity index (χ4v) is 3.75. The first-order valence-corrected chi connectivity index (χ1v) is 11.7. The Morgan fingerprint density at radius 1 is 1.06 bits per heavy atom. The summed E-state index contributed by atoms with van der Waals surface area (Å²) in [6, 6.07) is 13.9. The predicted octanol–water partition coefficient (Wildman–Crippen LogP) is 5.54. The lowest BCUT2D eigenvalue weighted by Crippen LogP contribution is -2.35. The SMILES string of the molecule is CCCCCOC(=O)Nc1ccc(C2=N[C@@H](NCCCC)Cc3cc(OC)ccc32)cc1. The highest BCUT2D eigenvalue weighted by Crippen LogP contribution is 2.27. The first-order chi connectivity index (χ1) is 15.6. The van der Waals surface area contributed by atoms with Gasteiger partial charge in [0.2, 0.25) is 0 Å². The molecule has 0 spiro atoms. The molecule has 0 saturated carbocycles. The van der Waals surface area contributed by atoms with Crippen molar-refractivity contribution in [1.82, 2.24) is 5.32 Å². The Labute approximate surface area is 191 Å². The summed E-state index contributed by atoms with van der Waals surface area (Å²) in [4.78, 5) is 17.0. The molecule has 0 saturated heterocycles. The van der Waals surface area contributed by atoms with Crippen LogP contribution >= 0.6 is 0 Å². The van der Waals surface area contributed by atoms with Crippen LogP contribution in [0.1, 0.15) is 62.6 Å². The molecule has 0 fully saturated rings. The summed E-state index contributed by atoms with van der Waals surface area (Å²) in [6.07, 6.45) is 5.78. The summed E-state index contributed by atoms with van der Waals surface area (Å²) in [5.41, 5.74) is 5.02. The van der Waals surface area contributed by atoms with Gasteiger partial charge in [-0.2, -0.15) is 0 Å². The van der Waals surface area contributed by atoms with Gasteiger partial charge in [-0.3, -0.25) is 15.6 Å². The van der Waals surface area contributed by atoms with Crippen LogP contribution in [0.3, 0.4) is 0 Å². The lowest BCUT2D eigenvalue weighted by atomic mass is 9.92. The molecule has 1 heterocycles. The number of hydrogen-bond donors (Lipinski definition) is 2. The second-order valence-electron chi connectivity index (χ2n) is 8.07. The normalized spacial score (nSPS) is 15.0. The van der Waals surface area contributed by atoms with Gasteiger partial charge in [-0.15, -0.1) is 0 Å². The van der Waals surface area contributed by atoms with Gasteiger partial charge in [-0.1, -0.05) is 45.2 Å². The molecule has 1 aliphatic heterocycles. The van der Waals surface area contributed by atoms with Crippen LogP contribution in [-0.4, -0.2) is 38.2 Å². The molecule has 2 N–H and O–H groups in total. The first-order valence-electron chi connectivity index (χ1n) is 11.7. The number of hydrogen-bond acceptors (Lipinski definition) is 5. The summed E-state index contributed by atoms with van der Waals surface area (Å²) in [5, 5.41) is 6.36. The summed E-state index contributed by atoms with van der Waals surface area (Å²) in [6.45, 7) is 5.70. The number of methoxy groups -OCH3 is 1. The van der Waals surface area contributed by atoms with Gasteiger partial charge in [0.15, 0.2) is 0 Å². The molecule has 2 aromatic rings. The van der Waals surface area contributed by atoms with Crippen molar-refractivity contribution in [1.29, 1.82) is 0 Å². The van der Waals surface area contributed by atoms with Crippen molar-refractivity contribution in [2.75, 3.05) is 25.6 Å². The number of carbonyl (C=O) groups is 1. The maximum Gasteiger partial charge on any atom is 0.411 e. The minimum atomic E-state index is -0.415. The monoisotopic (exact) mass is 437 g/mol. The molecule has 0 bridgehead atoms. The Morgan fingerprint density at radius 3 is 2.56 bits per heavy atom. The molecule has 3 rings (SSSR count). The third-order valence-corrected chi connectivity index (χ3v) is 5.56. The van der Waals surface area contributed by atoms with E-state index in [2.05, 4.69) is 36.6 Å². The van der Waals surface area contributed by atoms with Crippen molar-refractivity contribution >= 4 is 17.5 Å². The van der Waals surface area contributed by atoms with E-state index in [9.17, 15) is 4.79 Å². The van der Waals surface area contributed by atoms with Crippen molar-refractivity contribution in [2.45, 2.75) is 58.5 Å². The molecule has 0 unspecified atom stereocenters. The zero-order valence-electron chi connectivity index (χ0n) is 19.4. The maximum absolute atomic E-state index is 12.0. The molecule has 1 aliphatic rings. The molecule has 172 valence electrons. The summed E-state index contributed by atoms with van der Waals surface area (Å²) in [7, 11) is 1.69. The fraction of sp³-hybridized carbons (Fsp3) is 0.462. The second-order valence-corrected chi connectivity index (χ2v) is 8.07. The zero-order chi connectivity index (χ0) is 22.8. The van der Waals surface area contributed by atoms with Crippen LogP contribution in [0.25, 0.3) is 0 Å². The first kappa shape index (κ1) is 23.8. The number of unbranched alkanes of at least 4 members (excludes halogenated alkanes) is 3. The molecule has 1 atom stereocenters. The van der Waals surface area contributed by atoms with Gasteiger partial charge < -0.3 is 9.47 Å². The van der Waals surface area contributed by atoms with Crippen LogP contribution < -0.4 is 15.4 Å². The van der Waals surface area contributed by atoms with E-state index < -0.39 is 6.09 Å². The average Bonchev–Trinajstić information content (AvgIpc) is 2.81. The Balaban J connectivity index is 1.74. The largest absolute Gasteiger partial charge is 0.497 e. The highest BCUT2D eigenvalue weighted by atomic mass is 16.5. The van der Waals surface area contributed by atoms with E-state index in [0.29, 0.717) is 12.3 Å². The van der Waals surface area contributed by atoms with Gasteiger partial charge in [0.05, 0.1) is 19.4 Å². The highest BCUT2D eigenvalue weighted by Gasteiger charge is 2.22. The number of amides is 1. The topological polar surface area (TPSA) is 72.0 Å².